The van der Waals surface area contributed by atoms with Crippen LogP contribution in [0.2, 0.25) is 10.0 Å². The van der Waals surface area contributed by atoms with Gasteiger partial charge in [-0.3, -0.25) is 0 Å². The number of anilines is 1. The average molecular weight is 290 g/mol. The van der Waals surface area contributed by atoms with Crippen LogP contribution in [0.4, 0.5) is 5.69 Å². The number of hydrogen-bond donors (Lipinski definition) is 1. The summed E-state index contributed by atoms with van der Waals surface area (Å²) in [5, 5.41) is 0.194. The van der Waals surface area contributed by atoms with Crippen molar-refractivity contribution in [2.24, 2.45) is 0 Å². The Bertz CT molecular complexity index is 518. The zero-order chi connectivity index (χ0) is 13.3. The van der Waals surface area contributed by atoms with Crippen molar-refractivity contribution in [3.8, 4) is 0 Å². The molecule has 0 bridgehead atoms. The number of carbonyl (C=O) groups is 2. The van der Waals surface area contributed by atoms with Gasteiger partial charge in [-0.15, -0.1) is 0 Å². The van der Waals surface area contributed by atoms with Crippen LogP contribution in [0.15, 0.2) is 12.1 Å². The quantitative estimate of drug-likeness (QED) is 0.666. The van der Waals surface area contributed by atoms with E-state index in [1.807, 2.05) is 0 Å². The molecule has 1 atom stereocenters. The molecule has 1 saturated heterocycles. The summed E-state index contributed by atoms with van der Waals surface area (Å²) in [4.78, 5) is 23.0. The number of halogens is 2. The Morgan fingerprint density at radius 3 is 2.78 bits per heavy atom. The largest absolute Gasteiger partial charge is 0.463 e. The van der Waals surface area contributed by atoms with Gasteiger partial charge >= 0.3 is 11.9 Å². The van der Waals surface area contributed by atoms with Gasteiger partial charge in [-0.1, -0.05) is 23.2 Å². The molecule has 7 heteroatoms. The van der Waals surface area contributed by atoms with Gasteiger partial charge < -0.3 is 15.2 Å². The van der Waals surface area contributed by atoms with Crippen molar-refractivity contribution < 1.29 is 19.1 Å². The Kier molecular flexibility index (Phi) is 3.63. The van der Waals surface area contributed by atoms with Gasteiger partial charge in [-0.2, -0.15) is 0 Å². The summed E-state index contributed by atoms with van der Waals surface area (Å²) in [7, 11) is 0. The first kappa shape index (κ1) is 13.0. The molecule has 5 nitrogen and oxygen atoms in total. The summed E-state index contributed by atoms with van der Waals surface area (Å²) in [6.07, 6.45) is -0.563. The van der Waals surface area contributed by atoms with E-state index < -0.39 is 18.0 Å². The highest BCUT2D eigenvalue weighted by Crippen LogP contribution is 2.29. The highest BCUT2D eigenvalue weighted by Gasteiger charge is 2.31. The summed E-state index contributed by atoms with van der Waals surface area (Å²) >= 11 is 11.7. The lowest BCUT2D eigenvalue weighted by atomic mass is 10.2. The molecule has 0 aliphatic carbocycles. The molecule has 0 radical (unpaired) electrons. The highest BCUT2D eigenvalue weighted by atomic mass is 35.5. The average Bonchev–Trinajstić information content (AvgIpc) is 2.69. The molecule has 0 aromatic heterocycles. The summed E-state index contributed by atoms with van der Waals surface area (Å²) < 4.78 is 9.67. The molecular formula is C11H9Cl2NO4. The number of cyclic esters (lactones) is 1. The molecule has 1 unspecified atom stereocenters. The standard InChI is InChI=1S/C11H9Cl2NO4/c12-7-4-5(14)3-6(9(7)13)10(15)18-8-1-2-17-11(8)16/h3-4,8H,1-2,14H2. The molecule has 0 saturated carbocycles. The molecule has 96 valence electrons. The lowest BCUT2D eigenvalue weighted by molar-refractivity contribution is -0.145. The van der Waals surface area contributed by atoms with Crippen LogP contribution in [-0.2, 0) is 14.3 Å². The van der Waals surface area contributed by atoms with Gasteiger partial charge in [0.1, 0.15) is 0 Å². The second kappa shape index (κ2) is 5.04. The fourth-order valence-electron chi connectivity index (χ4n) is 1.54. The van der Waals surface area contributed by atoms with E-state index in [2.05, 4.69) is 4.74 Å². The van der Waals surface area contributed by atoms with Gasteiger partial charge in [0, 0.05) is 12.1 Å². The number of hydrogen-bond acceptors (Lipinski definition) is 5. The third-order valence-corrected chi connectivity index (χ3v) is 3.21. The third-order valence-electron chi connectivity index (χ3n) is 2.41. The molecule has 1 heterocycles. The number of ether oxygens (including phenoxy) is 2. The van der Waals surface area contributed by atoms with Gasteiger partial charge in [0.05, 0.1) is 22.2 Å². The minimum absolute atomic E-state index is 0.0290. The predicted molar refractivity (Wildman–Crippen MR) is 65.7 cm³/mol. The van der Waals surface area contributed by atoms with Crippen molar-refractivity contribution in [3.05, 3.63) is 27.7 Å². The maximum Gasteiger partial charge on any atom is 0.347 e. The van der Waals surface area contributed by atoms with Crippen molar-refractivity contribution >= 4 is 40.8 Å². The molecule has 1 aliphatic rings. The van der Waals surface area contributed by atoms with E-state index in [0.717, 1.165) is 0 Å². The Hall–Kier alpha value is -1.46. The van der Waals surface area contributed by atoms with Gasteiger partial charge in [0.25, 0.3) is 0 Å². The number of benzene rings is 1. The van der Waals surface area contributed by atoms with Crippen molar-refractivity contribution in [1.29, 1.82) is 0 Å². The van der Waals surface area contributed by atoms with Crippen LogP contribution in [0.1, 0.15) is 16.8 Å². The number of carbonyl (C=O) groups excluding carboxylic acids is 2. The lowest BCUT2D eigenvalue weighted by Gasteiger charge is -2.10. The number of nitrogen functional groups attached to an aromatic ring is 1. The molecule has 2 rings (SSSR count). The minimum Gasteiger partial charge on any atom is -0.463 e. The zero-order valence-electron chi connectivity index (χ0n) is 9.11. The Balaban J connectivity index is 2.21. The van der Waals surface area contributed by atoms with Gasteiger partial charge in [0.15, 0.2) is 0 Å². The SMILES string of the molecule is Nc1cc(Cl)c(Cl)c(C(=O)OC2CCOC2=O)c1. The van der Waals surface area contributed by atoms with Crippen molar-refractivity contribution in [2.45, 2.75) is 12.5 Å². The van der Waals surface area contributed by atoms with Crippen LogP contribution in [0.3, 0.4) is 0 Å². The summed E-state index contributed by atoms with van der Waals surface area (Å²) in [5.41, 5.74) is 5.87. The first-order valence-corrected chi connectivity index (χ1v) is 5.87. The van der Waals surface area contributed by atoms with Gasteiger partial charge in [0.2, 0.25) is 6.10 Å². The van der Waals surface area contributed by atoms with Crippen LogP contribution in [-0.4, -0.2) is 24.6 Å². The first-order chi connectivity index (χ1) is 8.49. The van der Waals surface area contributed by atoms with Gasteiger partial charge in [-0.05, 0) is 12.1 Å². The Morgan fingerprint density at radius 2 is 2.17 bits per heavy atom. The Morgan fingerprint density at radius 1 is 1.44 bits per heavy atom. The molecular weight excluding hydrogens is 281 g/mol. The van der Waals surface area contributed by atoms with E-state index >= 15 is 0 Å². The first-order valence-electron chi connectivity index (χ1n) is 5.11. The molecule has 1 aromatic rings. The van der Waals surface area contributed by atoms with Gasteiger partial charge in [-0.25, -0.2) is 9.59 Å². The topological polar surface area (TPSA) is 78.6 Å². The highest BCUT2D eigenvalue weighted by molar-refractivity contribution is 6.44. The number of nitrogens with two attached hydrogens (primary N) is 1. The van der Waals surface area contributed by atoms with E-state index in [4.69, 9.17) is 33.7 Å². The minimum atomic E-state index is -0.895. The van der Waals surface area contributed by atoms with E-state index in [0.29, 0.717) is 6.42 Å². The maximum atomic E-state index is 11.8. The zero-order valence-corrected chi connectivity index (χ0v) is 10.6. The van der Waals surface area contributed by atoms with Crippen LogP contribution in [0, 0.1) is 0 Å². The van der Waals surface area contributed by atoms with Crippen LogP contribution in [0.25, 0.3) is 0 Å². The molecule has 0 spiro atoms. The van der Waals surface area contributed by atoms with Crippen LogP contribution < -0.4 is 5.73 Å². The monoisotopic (exact) mass is 289 g/mol. The molecule has 1 aliphatic heterocycles. The third kappa shape index (κ3) is 2.52. The van der Waals surface area contributed by atoms with E-state index in [1.165, 1.54) is 12.1 Å². The van der Waals surface area contributed by atoms with E-state index in [-0.39, 0.29) is 27.9 Å². The van der Waals surface area contributed by atoms with E-state index in [9.17, 15) is 9.59 Å². The van der Waals surface area contributed by atoms with E-state index in [1.54, 1.807) is 0 Å². The van der Waals surface area contributed by atoms with Crippen molar-refractivity contribution in [1.82, 2.24) is 0 Å². The lowest BCUT2D eigenvalue weighted by Crippen LogP contribution is -2.23. The number of esters is 2. The molecule has 1 fully saturated rings. The maximum absolute atomic E-state index is 11.8. The molecule has 2 N–H and O–H groups in total. The van der Waals surface area contributed by atoms with Crippen LogP contribution >= 0.6 is 23.2 Å². The molecule has 1 aromatic carbocycles. The second-order valence-electron chi connectivity index (χ2n) is 3.71. The fourth-order valence-corrected chi connectivity index (χ4v) is 1.95. The summed E-state index contributed by atoms with van der Waals surface area (Å²) in [6, 6.07) is 2.77. The summed E-state index contributed by atoms with van der Waals surface area (Å²) in [5.74, 6) is -1.31. The van der Waals surface area contributed by atoms with Crippen molar-refractivity contribution in [3.63, 3.8) is 0 Å². The molecule has 18 heavy (non-hydrogen) atoms. The smallest absolute Gasteiger partial charge is 0.347 e. The predicted octanol–water partition coefficient (Wildman–Crippen LogP) is 2.05. The Labute approximate surface area is 113 Å². The normalized spacial score (nSPS) is 18.6. The number of rotatable bonds is 2. The van der Waals surface area contributed by atoms with Crippen molar-refractivity contribution in [2.75, 3.05) is 12.3 Å². The molecule has 0 amide bonds. The van der Waals surface area contributed by atoms with Crippen LogP contribution in [0.5, 0.6) is 0 Å². The fraction of sp³-hybridized carbons (Fsp3) is 0.273. The second-order valence-corrected chi connectivity index (χ2v) is 4.50. The summed E-state index contributed by atoms with van der Waals surface area (Å²) in [6.45, 7) is 0.238.